The van der Waals surface area contributed by atoms with E-state index in [0.717, 1.165) is 0 Å². The minimum absolute atomic E-state index is 0.0111. The van der Waals surface area contributed by atoms with E-state index in [1.807, 2.05) is 0 Å². The molecule has 4 unspecified atom stereocenters. The average Bonchev–Trinajstić information content (AvgIpc) is 3.53. The maximum absolute atomic E-state index is 13.2. The van der Waals surface area contributed by atoms with Gasteiger partial charge in [-0.25, -0.2) is 14.8 Å². The third kappa shape index (κ3) is 9.36. The van der Waals surface area contributed by atoms with Crippen molar-refractivity contribution in [2.75, 3.05) is 0 Å². The number of nitrogens with zero attached hydrogens (tertiary/aromatic N) is 2. The minimum Gasteiger partial charge on any atom is -0.481 e. The van der Waals surface area contributed by atoms with E-state index in [9.17, 15) is 29.1 Å². The molecule has 9 N–H and O–H groups in total. The van der Waals surface area contributed by atoms with E-state index >= 15 is 0 Å². The number of carboxylic acids is 2. The van der Waals surface area contributed by atoms with Gasteiger partial charge >= 0.3 is 11.9 Å². The van der Waals surface area contributed by atoms with Crippen LogP contribution in [-0.2, 0) is 36.8 Å². The van der Waals surface area contributed by atoms with Crippen LogP contribution in [0.3, 0.4) is 0 Å². The van der Waals surface area contributed by atoms with Gasteiger partial charge < -0.3 is 41.9 Å². The Bertz CT molecular complexity index is 1060. The number of aromatic amines is 2. The lowest BCUT2D eigenvalue weighted by Crippen LogP contribution is -2.59. The molecule has 0 bridgehead atoms. The lowest BCUT2D eigenvalue weighted by molar-refractivity contribution is -0.143. The minimum atomic E-state index is -1.46. The summed E-state index contributed by atoms with van der Waals surface area (Å²) in [4.78, 5) is 74.6. The van der Waals surface area contributed by atoms with E-state index in [1.54, 1.807) is 13.8 Å². The van der Waals surface area contributed by atoms with Crippen molar-refractivity contribution in [2.45, 2.75) is 63.7 Å². The molecule has 37 heavy (non-hydrogen) atoms. The fraction of sp³-hybridized carbons (Fsp3) is 0.500. The molecule has 0 aromatic carbocycles. The predicted octanol–water partition coefficient (Wildman–Crippen LogP) is -1.69. The van der Waals surface area contributed by atoms with Crippen LogP contribution in [0.5, 0.6) is 0 Å². The van der Waals surface area contributed by atoms with E-state index in [4.69, 9.17) is 10.8 Å². The van der Waals surface area contributed by atoms with Gasteiger partial charge in [0.15, 0.2) is 0 Å². The van der Waals surface area contributed by atoms with Crippen molar-refractivity contribution in [3.05, 3.63) is 36.4 Å². The van der Waals surface area contributed by atoms with E-state index < -0.39 is 66.2 Å². The second-order valence-electron chi connectivity index (χ2n) is 8.79. The van der Waals surface area contributed by atoms with Gasteiger partial charge in [-0.1, -0.05) is 13.8 Å². The molecule has 2 rings (SSSR count). The van der Waals surface area contributed by atoms with Crippen LogP contribution in [0.25, 0.3) is 0 Å². The first-order valence-corrected chi connectivity index (χ1v) is 11.5. The van der Waals surface area contributed by atoms with Crippen molar-refractivity contribution in [1.29, 1.82) is 0 Å². The first-order chi connectivity index (χ1) is 17.5. The Morgan fingerprint density at radius 2 is 1.43 bits per heavy atom. The van der Waals surface area contributed by atoms with Gasteiger partial charge in [-0.05, 0) is 12.3 Å². The maximum Gasteiger partial charge on any atom is 0.326 e. The highest BCUT2D eigenvalue weighted by molar-refractivity contribution is 5.94. The second-order valence-corrected chi connectivity index (χ2v) is 8.79. The Morgan fingerprint density at radius 1 is 0.865 bits per heavy atom. The molecule has 4 atom stereocenters. The summed E-state index contributed by atoms with van der Waals surface area (Å²) >= 11 is 0. The molecule has 0 spiro atoms. The quantitative estimate of drug-likeness (QED) is 0.132. The number of aliphatic carboxylic acids is 2. The van der Waals surface area contributed by atoms with Crippen molar-refractivity contribution in [3.63, 3.8) is 0 Å². The molecular weight excluding hydrogens is 488 g/mol. The third-order valence-corrected chi connectivity index (χ3v) is 5.45. The summed E-state index contributed by atoms with van der Waals surface area (Å²) in [7, 11) is 0. The lowest BCUT2D eigenvalue weighted by Gasteiger charge is -2.27. The van der Waals surface area contributed by atoms with Gasteiger partial charge in [0.2, 0.25) is 17.7 Å². The largest absolute Gasteiger partial charge is 0.481 e. The number of hydrogen-bond donors (Lipinski definition) is 8. The number of carbonyl (C=O) groups excluding carboxylic acids is 3. The fourth-order valence-corrected chi connectivity index (χ4v) is 3.41. The number of carboxylic acid groups (broad SMARTS) is 2. The zero-order valence-electron chi connectivity index (χ0n) is 20.4. The zero-order valence-corrected chi connectivity index (χ0v) is 20.4. The average molecular weight is 521 g/mol. The van der Waals surface area contributed by atoms with Crippen molar-refractivity contribution in [3.8, 4) is 0 Å². The molecule has 0 radical (unpaired) electrons. The van der Waals surface area contributed by atoms with Gasteiger partial charge in [-0.15, -0.1) is 0 Å². The van der Waals surface area contributed by atoms with Crippen LogP contribution in [0.1, 0.15) is 38.1 Å². The highest BCUT2D eigenvalue weighted by atomic mass is 16.4. The Balaban J connectivity index is 2.13. The SMILES string of the molecule is CC(C)C(NC(=O)C(Cc1cnc[nH]1)NC(=O)C(N)Cc1cnc[nH]1)C(=O)NC(CCC(=O)O)C(=O)O. The standard InChI is InChI=1S/C22H32N8O7/c1-11(2)18(21(35)28-15(22(36)37)3-4-17(31)32)30-20(34)16(6-13-8-25-10-27-13)29-19(33)14(23)5-12-7-24-9-26-12/h7-11,14-16,18H,3-6,23H2,1-2H3,(H,24,26)(H,25,27)(H,28,35)(H,29,33)(H,30,34)(H,31,32)(H,36,37). The highest BCUT2D eigenvalue weighted by Gasteiger charge is 2.32. The number of imidazole rings is 2. The summed E-state index contributed by atoms with van der Waals surface area (Å²) in [5.41, 5.74) is 7.15. The van der Waals surface area contributed by atoms with Crippen LogP contribution in [0, 0.1) is 5.92 Å². The van der Waals surface area contributed by atoms with Crippen LogP contribution in [0.2, 0.25) is 0 Å². The van der Waals surface area contributed by atoms with Crippen LogP contribution in [-0.4, -0.2) is 84.0 Å². The summed E-state index contributed by atoms with van der Waals surface area (Å²) in [6.45, 7) is 3.28. The van der Waals surface area contributed by atoms with Crippen LogP contribution in [0.4, 0.5) is 0 Å². The van der Waals surface area contributed by atoms with Gasteiger partial charge in [-0.2, -0.15) is 0 Å². The first kappa shape index (κ1) is 29.0. The molecule has 0 saturated heterocycles. The molecule has 2 aromatic heterocycles. The molecule has 15 nitrogen and oxygen atoms in total. The van der Waals surface area contributed by atoms with E-state index in [1.165, 1.54) is 25.0 Å². The predicted molar refractivity (Wildman–Crippen MR) is 128 cm³/mol. The molecule has 2 aromatic rings. The number of nitrogens with two attached hydrogens (primary N) is 1. The van der Waals surface area contributed by atoms with E-state index in [-0.39, 0.29) is 19.3 Å². The van der Waals surface area contributed by atoms with Gasteiger partial charge in [0.05, 0.1) is 18.7 Å². The van der Waals surface area contributed by atoms with Crippen molar-refractivity contribution in [2.24, 2.45) is 11.7 Å². The number of hydrogen-bond acceptors (Lipinski definition) is 8. The second kappa shape index (κ2) is 13.7. The smallest absolute Gasteiger partial charge is 0.326 e. The summed E-state index contributed by atoms with van der Waals surface area (Å²) in [6.07, 6.45) is 5.21. The van der Waals surface area contributed by atoms with Gasteiger partial charge in [-0.3, -0.25) is 19.2 Å². The highest BCUT2D eigenvalue weighted by Crippen LogP contribution is 2.08. The molecule has 0 saturated carbocycles. The molecule has 0 aliphatic heterocycles. The van der Waals surface area contributed by atoms with Crippen molar-refractivity contribution >= 4 is 29.7 Å². The van der Waals surface area contributed by atoms with E-state index in [0.29, 0.717) is 11.4 Å². The Hall–Kier alpha value is -4.27. The van der Waals surface area contributed by atoms with E-state index in [2.05, 4.69) is 35.9 Å². The monoisotopic (exact) mass is 520 g/mol. The first-order valence-electron chi connectivity index (χ1n) is 11.5. The Kier molecular flexibility index (Phi) is 10.7. The topological polar surface area (TPSA) is 245 Å². The number of amides is 3. The van der Waals surface area contributed by atoms with Crippen molar-refractivity contribution < 1.29 is 34.2 Å². The van der Waals surface area contributed by atoms with Crippen LogP contribution in [0.15, 0.2) is 25.0 Å². The summed E-state index contributed by atoms with van der Waals surface area (Å²) in [6, 6.07) is -4.76. The van der Waals surface area contributed by atoms with Crippen molar-refractivity contribution in [1.82, 2.24) is 35.9 Å². The van der Waals surface area contributed by atoms with Crippen LogP contribution >= 0.6 is 0 Å². The van der Waals surface area contributed by atoms with Gasteiger partial charge in [0.1, 0.15) is 18.1 Å². The lowest BCUT2D eigenvalue weighted by atomic mass is 10.0. The van der Waals surface area contributed by atoms with Gasteiger partial charge in [0.25, 0.3) is 0 Å². The summed E-state index contributed by atoms with van der Waals surface area (Å²) in [5, 5.41) is 25.6. The Morgan fingerprint density at radius 3 is 1.92 bits per heavy atom. The van der Waals surface area contributed by atoms with Crippen LogP contribution < -0.4 is 21.7 Å². The number of carbonyl (C=O) groups is 5. The zero-order chi connectivity index (χ0) is 27.5. The Labute approximate surface area is 212 Å². The number of nitrogens with one attached hydrogen (secondary N) is 5. The molecule has 15 heteroatoms. The van der Waals surface area contributed by atoms with Gasteiger partial charge in [0, 0.05) is 43.0 Å². The molecular formula is C22H32N8O7. The fourth-order valence-electron chi connectivity index (χ4n) is 3.41. The molecule has 0 aliphatic carbocycles. The molecule has 202 valence electrons. The summed E-state index contributed by atoms with van der Waals surface area (Å²) < 4.78 is 0. The number of H-pyrrole nitrogens is 2. The maximum atomic E-state index is 13.2. The normalized spacial score (nSPS) is 14.3. The molecule has 3 amide bonds. The number of rotatable bonds is 15. The third-order valence-electron chi connectivity index (χ3n) is 5.45. The molecule has 0 aliphatic rings. The summed E-state index contributed by atoms with van der Waals surface area (Å²) in [5.74, 6) is -5.20. The molecule has 0 fully saturated rings. The number of aromatic nitrogens is 4. The molecule has 2 heterocycles.